The number of carboxylic acids is 1. The Morgan fingerprint density at radius 2 is 1.96 bits per heavy atom. The number of hydrogen-bond acceptors (Lipinski definition) is 7. The summed E-state index contributed by atoms with van der Waals surface area (Å²) in [5.74, 6) is -0.472. The molecule has 0 radical (unpaired) electrons. The van der Waals surface area contributed by atoms with E-state index in [1.807, 2.05) is 0 Å². The van der Waals surface area contributed by atoms with Crippen LogP contribution in [0.15, 0.2) is 40.5 Å². The number of benzene rings is 1. The second-order valence-corrected chi connectivity index (χ2v) is 8.26. The van der Waals surface area contributed by atoms with E-state index < -0.39 is 5.97 Å². The molecule has 0 atom stereocenters. The molecule has 1 aliphatic heterocycles. The van der Waals surface area contributed by atoms with Crippen LogP contribution in [-0.4, -0.2) is 32.9 Å². The summed E-state index contributed by atoms with van der Waals surface area (Å²) in [6, 6.07) is 6.71. The second-order valence-electron chi connectivity index (χ2n) is 7.23. The lowest BCUT2D eigenvalue weighted by molar-refractivity contribution is -0.141. The smallest absolute Gasteiger partial charge is 0.310 e. The molecular formula is C20H22N4O3S. The van der Waals surface area contributed by atoms with Crippen molar-refractivity contribution in [3.05, 3.63) is 36.2 Å². The fourth-order valence-electron chi connectivity index (χ4n) is 3.77. The van der Waals surface area contributed by atoms with Crippen LogP contribution in [0.5, 0.6) is 0 Å². The van der Waals surface area contributed by atoms with Crippen molar-refractivity contribution in [3.63, 3.8) is 0 Å². The molecule has 2 heterocycles. The van der Waals surface area contributed by atoms with Crippen molar-refractivity contribution in [2.45, 2.75) is 54.6 Å². The van der Waals surface area contributed by atoms with Crippen LogP contribution >= 0.6 is 11.8 Å². The standard InChI is InChI=1S/C20H22N4O3S/c25-16(10-18(26)27)13-2-4-14(5-3-13)23-11-12-1-6-17-15(9-12)24-19-20(28-17)22-8-7-21-19/h1,6-9,13-14,23H,2-5,10-11H2,(H,21,24)(H,26,27). The Bertz CT molecular complexity index is 897. The van der Waals surface area contributed by atoms with E-state index >= 15 is 0 Å². The summed E-state index contributed by atoms with van der Waals surface area (Å²) in [6.07, 6.45) is 6.36. The number of nitrogens with one attached hydrogen (secondary N) is 2. The largest absolute Gasteiger partial charge is 0.481 e. The molecular weight excluding hydrogens is 376 g/mol. The molecule has 7 nitrogen and oxygen atoms in total. The molecule has 0 bridgehead atoms. The number of nitrogens with zero attached hydrogens (tertiary/aromatic N) is 2. The van der Waals surface area contributed by atoms with Crippen LogP contribution in [0.2, 0.25) is 0 Å². The van der Waals surface area contributed by atoms with Crippen molar-refractivity contribution in [3.8, 4) is 0 Å². The molecule has 8 heteroatoms. The number of Topliss-reactive ketones (excluding diaryl/α,β-unsaturated/α-hetero) is 1. The van der Waals surface area contributed by atoms with E-state index in [0.29, 0.717) is 6.04 Å². The predicted molar refractivity (Wildman–Crippen MR) is 106 cm³/mol. The first-order chi connectivity index (χ1) is 13.6. The van der Waals surface area contributed by atoms with Crippen molar-refractivity contribution in [2.75, 3.05) is 5.32 Å². The van der Waals surface area contributed by atoms with Crippen LogP contribution in [0.4, 0.5) is 11.5 Å². The van der Waals surface area contributed by atoms with Gasteiger partial charge >= 0.3 is 5.97 Å². The average molecular weight is 398 g/mol. The minimum absolute atomic E-state index is 0.0969. The molecule has 2 aromatic rings. The number of carbonyl (C=O) groups excluding carboxylic acids is 1. The number of rotatable bonds is 6. The van der Waals surface area contributed by atoms with Crippen molar-refractivity contribution < 1.29 is 14.7 Å². The summed E-state index contributed by atoms with van der Waals surface area (Å²) in [7, 11) is 0. The topological polar surface area (TPSA) is 104 Å². The SMILES string of the molecule is O=C(O)CC(=O)C1CCC(NCc2ccc3c(c2)Nc2nccnc2S3)CC1. The van der Waals surface area contributed by atoms with Gasteiger partial charge in [-0.3, -0.25) is 9.59 Å². The van der Waals surface area contributed by atoms with E-state index in [0.717, 1.165) is 53.7 Å². The number of ketones is 1. The van der Waals surface area contributed by atoms with E-state index in [-0.39, 0.29) is 18.1 Å². The molecule has 0 spiro atoms. The molecule has 4 rings (SSSR count). The van der Waals surface area contributed by atoms with Gasteiger partial charge in [0.25, 0.3) is 0 Å². The molecule has 1 saturated carbocycles. The minimum Gasteiger partial charge on any atom is -0.481 e. The van der Waals surface area contributed by atoms with E-state index in [1.54, 1.807) is 24.2 Å². The zero-order valence-corrected chi connectivity index (χ0v) is 16.2. The quantitative estimate of drug-likeness (QED) is 0.543. The highest BCUT2D eigenvalue weighted by Gasteiger charge is 2.27. The number of carboxylic acid groups (broad SMARTS) is 1. The summed E-state index contributed by atoms with van der Waals surface area (Å²) in [5, 5.41) is 16.6. The highest BCUT2D eigenvalue weighted by Crippen LogP contribution is 2.42. The van der Waals surface area contributed by atoms with Crippen LogP contribution in [0.25, 0.3) is 0 Å². The Morgan fingerprint density at radius 1 is 1.18 bits per heavy atom. The zero-order chi connectivity index (χ0) is 19.5. The Balaban J connectivity index is 1.30. The Kier molecular flexibility index (Phi) is 5.59. The van der Waals surface area contributed by atoms with Crippen LogP contribution in [0, 0.1) is 5.92 Å². The molecule has 146 valence electrons. The normalized spacial score (nSPS) is 20.6. The molecule has 1 aromatic heterocycles. The van der Waals surface area contributed by atoms with Gasteiger partial charge in [0.15, 0.2) is 5.82 Å². The third-order valence-corrected chi connectivity index (χ3v) is 6.34. The van der Waals surface area contributed by atoms with Gasteiger partial charge in [-0.15, -0.1) is 0 Å². The van der Waals surface area contributed by atoms with Gasteiger partial charge in [0.05, 0.1) is 5.69 Å². The van der Waals surface area contributed by atoms with E-state index in [1.165, 1.54) is 5.56 Å². The number of anilines is 2. The van der Waals surface area contributed by atoms with Gasteiger partial charge in [0.2, 0.25) is 0 Å². The molecule has 1 aliphatic carbocycles. The van der Waals surface area contributed by atoms with Crippen LogP contribution in [-0.2, 0) is 16.1 Å². The van der Waals surface area contributed by atoms with Gasteiger partial charge in [-0.05, 0) is 43.4 Å². The monoisotopic (exact) mass is 398 g/mol. The molecule has 28 heavy (non-hydrogen) atoms. The van der Waals surface area contributed by atoms with Crippen molar-refractivity contribution in [1.29, 1.82) is 0 Å². The van der Waals surface area contributed by atoms with Crippen molar-refractivity contribution in [1.82, 2.24) is 15.3 Å². The van der Waals surface area contributed by atoms with Crippen LogP contribution in [0.1, 0.15) is 37.7 Å². The number of carbonyl (C=O) groups is 2. The molecule has 0 unspecified atom stereocenters. The minimum atomic E-state index is -1.03. The zero-order valence-electron chi connectivity index (χ0n) is 15.4. The summed E-state index contributed by atoms with van der Waals surface area (Å²) < 4.78 is 0. The summed E-state index contributed by atoms with van der Waals surface area (Å²) >= 11 is 1.61. The third-order valence-electron chi connectivity index (χ3n) is 5.27. The van der Waals surface area contributed by atoms with Crippen molar-refractivity contribution >= 4 is 35.0 Å². The molecule has 1 aromatic carbocycles. The van der Waals surface area contributed by atoms with Gasteiger partial charge in [-0.25, -0.2) is 9.97 Å². The molecule has 1 fully saturated rings. The number of fused-ring (bicyclic) bond motifs is 2. The average Bonchev–Trinajstić information content (AvgIpc) is 2.70. The number of aliphatic carboxylic acids is 1. The molecule has 3 N–H and O–H groups in total. The lowest BCUT2D eigenvalue weighted by Gasteiger charge is -2.28. The second kappa shape index (κ2) is 8.28. The fraction of sp³-hybridized carbons (Fsp3) is 0.400. The first kappa shape index (κ1) is 18.9. The van der Waals surface area contributed by atoms with Gasteiger partial charge in [0, 0.05) is 35.8 Å². The molecule has 2 aliphatic rings. The van der Waals surface area contributed by atoms with E-state index in [4.69, 9.17) is 5.11 Å². The van der Waals surface area contributed by atoms with E-state index in [2.05, 4.69) is 38.8 Å². The van der Waals surface area contributed by atoms with Crippen LogP contribution < -0.4 is 10.6 Å². The lowest BCUT2D eigenvalue weighted by atomic mass is 9.82. The van der Waals surface area contributed by atoms with Crippen LogP contribution in [0.3, 0.4) is 0 Å². The lowest BCUT2D eigenvalue weighted by Crippen LogP contribution is -2.35. The summed E-state index contributed by atoms with van der Waals surface area (Å²) in [6.45, 7) is 0.755. The molecule has 0 amide bonds. The number of aromatic nitrogens is 2. The first-order valence-corrected chi connectivity index (χ1v) is 10.3. The molecule has 0 saturated heterocycles. The van der Waals surface area contributed by atoms with E-state index in [9.17, 15) is 9.59 Å². The van der Waals surface area contributed by atoms with Crippen molar-refractivity contribution in [2.24, 2.45) is 5.92 Å². The fourth-order valence-corrected chi connectivity index (χ4v) is 4.64. The Labute approximate surface area is 167 Å². The van der Waals surface area contributed by atoms with Gasteiger partial charge in [0.1, 0.15) is 17.2 Å². The van der Waals surface area contributed by atoms with Gasteiger partial charge in [-0.1, -0.05) is 17.8 Å². The maximum Gasteiger partial charge on any atom is 0.310 e. The predicted octanol–water partition coefficient (Wildman–Crippen LogP) is 3.38. The highest BCUT2D eigenvalue weighted by atomic mass is 32.2. The summed E-state index contributed by atoms with van der Waals surface area (Å²) in [5.41, 5.74) is 2.23. The maximum atomic E-state index is 11.9. The Hall–Kier alpha value is -2.45. The maximum absolute atomic E-state index is 11.9. The Morgan fingerprint density at radius 3 is 2.75 bits per heavy atom. The number of hydrogen-bond donors (Lipinski definition) is 3. The first-order valence-electron chi connectivity index (χ1n) is 9.45. The van der Waals surface area contributed by atoms with Gasteiger partial charge < -0.3 is 15.7 Å². The van der Waals surface area contributed by atoms with Gasteiger partial charge in [-0.2, -0.15) is 0 Å². The summed E-state index contributed by atoms with van der Waals surface area (Å²) in [4.78, 5) is 32.4. The highest BCUT2D eigenvalue weighted by molar-refractivity contribution is 7.99. The third kappa shape index (κ3) is 4.34.